The Morgan fingerprint density at radius 3 is 2.62 bits per heavy atom. The van der Waals surface area contributed by atoms with Gasteiger partial charge in [-0.3, -0.25) is 4.79 Å². The first-order chi connectivity index (χ1) is 6.11. The molecule has 2 unspecified atom stereocenters. The van der Waals surface area contributed by atoms with Crippen molar-refractivity contribution in [1.82, 2.24) is 0 Å². The fourth-order valence-corrected chi connectivity index (χ4v) is 1.71. The van der Waals surface area contributed by atoms with Gasteiger partial charge in [-0.15, -0.1) is 0 Å². The van der Waals surface area contributed by atoms with Gasteiger partial charge in [0.1, 0.15) is 0 Å². The Morgan fingerprint density at radius 1 is 1.54 bits per heavy atom. The highest BCUT2D eigenvalue weighted by Crippen LogP contribution is 2.10. The van der Waals surface area contributed by atoms with Crippen LogP contribution in [0.15, 0.2) is 0 Å². The molecule has 0 aromatic rings. The lowest BCUT2D eigenvalue weighted by Gasteiger charge is -2.10. The van der Waals surface area contributed by atoms with Gasteiger partial charge in [0.05, 0.1) is 25.7 Å². The van der Waals surface area contributed by atoms with E-state index in [1.807, 2.05) is 0 Å². The normalized spacial score (nSPS) is 15.1. The van der Waals surface area contributed by atoms with E-state index >= 15 is 0 Å². The van der Waals surface area contributed by atoms with Gasteiger partial charge in [0.2, 0.25) is 0 Å². The molecule has 0 amide bonds. The lowest BCUT2D eigenvalue weighted by atomic mass is 10.2. The molecule has 0 saturated carbocycles. The summed E-state index contributed by atoms with van der Waals surface area (Å²) in [7, 11) is 1.35. The van der Waals surface area contributed by atoms with Gasteiger partial charge < -0.3 is 14.9 Å². The van der Waals surface area contributed by atoms with Gasteiger partial charge in [-0.1, -0.05) is 6.92 Å². The van der Waals surface area contributed by atoms with Crippen LogP contribution in [0.25, 0.3) is 0 Å². The summed E-state index contributed by atoms with van der Waals surface area (Å²) < 4.78 is 4.53. The maximum atomic E-state index is 10.9. The van der Waals surface area contributed by atoms with E-state index in [0.29, 0.717) is 11.5 Å². The molecule has 0 aliphatic heterocycles. The van der Waals surface area contributed by atoms with E-state index in [1.165, 1.54) is 18.9 Å². The van der Waals surface area contributed by atoms with Crippen LogP contribution in [0.5, 0.6) is 0 Å². The Bertz CT molecular complexity index is 151. The highest BCUT2D eigenvalue weighted by molar-refractivity contribution is 7.99. The third-order valence-electron chi connectivity index (χ3n) is 1.49. The molecular formula is C8H16O4S. The molecule has 0 bridgehead atoms. The van der Waals surface area contributed by atoms with E-state index in [4.69, 9.17) is 10.2 Å². The molecule has 0 radical (unpaired) electrons. The van der Waals surface area contributed by atoms with Crippen molar-refractivity contribution in [2.24, 2.45) is 5.92 Å². The lowest BCUT2D eigenvalue weighted by molar-refractivity contribution is -0.143. The highest BCUT2D eigenvalue weighted by Gasteiger charge is 2.13. The number of hydrogen-bond acceptors (Lipinski definition) is 5. The van der Waals surface area contributed by atoms with Crippen molar-refractivity contribution in [1.29, 1.82) is 0 Å². The van der Waals surface area contributed by atoms with Crippen LogP contribution in [-0.4, -0.2) is 47.5 Å². The van der Waals surface area contributed by atoms with Crippen molar-refractivity contribution in [3.05, 3.63) is 0 Å². The molecule has 0 aromatic heterocycles. The largest absolute Gasteiger partial charge is 0.469 e. The summed E-state index contributed by atoms with van der Waals surface area (Å²) in [6, 6.07) is 0. The fraction of sp³-hybridized carbons (Fsp3) is 0.875. The predicted molar refractivity (Wildman–Crippen MR) is 51.6 cm³/mol. The number of esters is 1. The van der Waals surface area contributed by atoms with Gasteiger partial charge in [-0.05, 0) is 0 Å². The molecule has 0 saturated heterocycles. The Kier molecular flexibility index (Phi) is 7.03. The predicted octanol–water partition coefficient (Wildman–Crippen LogP) is -0.118. The molecule has 0 aliphatic rings. The summed E-state index contributed by atoms with van der Waals surface area (Å²) in [5.41, 5.74) is 0. The second-order valence-corrected chi connectivity index (χ2v) is 3.87. The standard InChI is InChI=1S/C8H16O4S/c1-6(8(11)12-2)4-13-5-7(10)3-9/h6-7,9-10H,3-5H2,1-2H3. The summed E-state index contributed by atoms with van der Waals surface area (Å²) in [5, 5.41) is 17.5. The molecule has 13 heavy (non-hydrogen) atoms. The van der Waals surface area contributed by atoms with E-state index < -0.39 is 6.10 Å². The molecule has 78 valence electrons. The lowest BCUT2D eigenvalue weighted by Crippen LogP contribution is -2.19. The Labute approximate surface area is 82.3 Å². The Morgan fingerprint density at radius 2 is 2.15 bits per heavy atom. The third-order valence-corrected chi connectivity index (χ3v) is 2.85. The summed E-state index contributed by atoms with van der Waals surface area (Å²) in [4.78, 5) is 10.9. The number of aliphatic hydroxyl groups excluding tert-OH is 2. The number of carbonyl (C=O) groups excluding carboxylic acids is 1. The minimum Gasteiger partial charge on any atom is -0.469 e. The zero-order valence-electron chi connectivity index (χ0n) is 7.90. The Balaban J connectivity index is 3.47. The summed E-state index contributed by atoms with van der Waals surface area (Å²) in [6.07, 6.45) is -0.699. The minimum absolute atomic E-state index is 0.166. The van der Waals surface area contributed by atoms with Gasteiger partial charge in [-0.2, -0.15) is 11.8 Å². The van der Waals surface area contributed by atoms with Crippen LogP contribution < -0.4 is 0 Å². The highest BCUT2D eigenvalue weighted by atomic mass is 32.2. The Hall–Kier alpha value is -0.260. The number of carbonyl (C=O) groups is 1. The van der Waals surface area contributed by atoms with Crippen molar-refractivity contribution < 1.29 is 19.7 Å². The van der Waals surface area contributed by atoms with Crippen molar-refractivity contribution in [3.63, 3.8) is 0 Å². The van der Waals surface area contributed by atoms with Crippen LogP contribution in [-0.2, 0) is 9.53 Å². The SMILES string of the molecule is COC(=O)C(C)CSCC(O)CO. The second-order valence-electron chi connectivity index (χ2n) is 2.80. The van der Waals surface area contributed by atoms with Gasteiger partial charge in [0, 0.05) is 11.5 Å². The minimum atomic E-state index is -0.699. The summed E-state index contributed by atoms with van der Waals surface area (Å²) >= 11 is 1.43. The van der Waals surface area contributed by atoms with Gasteiger partial charge in [0.25, 0.3) is 0 Å². The summed E-state index contributed by atoms with van der Waals surface area (Å²) in [6.45, 7) is 1.53. The fourth-order valence-electron chi connectivity index (χ4n) is 0.703. The van der Waals surface area contributed by atoms with Crippen LogP contribution in [0, 0.1) is 5.92 Å². The smallest absolute Gasteiger partial charge is 0.309 e. The second kappa shape index (κ2) is 7.17. The number of ether oxygens (including phenoxy) is 1. The zero-order valence-corrected chi connectivity index (χ0v) is 8.71. The van der Waals surface area contributed by atoms with E-state index in [1.54, 1.807) is 6.92 Å². The maximum absolute atomic E-state index is 10.9. The molecule has 4 nitrogen and oxygen atoms in total. The van der Waals surface area contributed by atoms with E-state index in [0.717, 1.165) is 0 Å². The number of aliphatic hydroxyl groups is 2. The average molecular weight is 208 g/mol. The molecular weight excluding hydrogens is 192 g/mol. The van der Waals surface area contributed by atoms with Crippen LogP contribution in [0.4, 0.5) is 0 Å². The molecule has 0 heterocycles. The number of methoxy groups -OCH3 is 1. The average Bonchev–Trinajstić information content (AvgIpc) is 2.15. The van der Waals surface area contributed by atoms with Crippen molar-refractivity contribution in [2.75, 3.05) is 25.2 Å². The molecule has 0 spiro atoms. The first-order valence-electron chi connectivity index (χ1n) is 4.06. The van der Waals surface area contributed by atoms with E-state index in [9.17, 15) is 4.79 Å². The van der Waals surface area contributed by atoms with Gasteiger partial charge in [-0.25, -0.2) is 0 Å². The first kappa shape index (κ1) is 12.7. The number of hydrogen-bond donors (Lipinski definition) is 2. The van der Waals surface area contributed by atoms with Crippen LogP contribution in [0.1, 0.15) is 6.92 Å². The topological polar surface area (TPSA) is 66.8 Å². The molecule has 0 rings (SSSR count). The van der Waals surface area contributed by atoms with Crippen molar-refractivity contribution in [2.45, 2.75) is 13.0 Å². The molecule has 2 N–H and O–H groups in total. The zero-order chi connectivity index (χ0) is 10.3. The van der Waals surface area contributed by atoms with Crippen LogP contribution >= 0.6 is 11.8 Å². The number of thioether (sulfide) groups is 1. The molecule has 2 atom stereocenters. The van der Waals surface area contributed by atoms with E-state index in [-0.39, 0.29) is 18.5 Å². The molecule has 5 heteroatoms. The van der Waals surface area contributed by atoms with Crippen molar-refractivity contribution in [3.8, 4) is 0 Å². The molecule has 0 aromatic carbocycles. The molecule has 0 fully saturated rings. The maximum Gasteiger partial charge on any atom is 0.309 e. The monoisotopic (exact) mass is 208 g/mol. The van der Waals surface area contributed by atoms with Crippen LogP contribution in [0.2, 0.25) is 0 Å². The van der Waals surface area contributed by atoms with Gasteiger partial charge >= 0.3 is 5.97 Å². The first-order valence-corrected chi connectivity index (χ1v) is 5.21. The quantitative estimate of drug-likeness (QED) is 0.596. The van der Waals surface area contributed by atoms with Gasteiger partial charge in [0.15, 0.2) is 0 Å². The van der Waals surface area contributed by atoms with Crippen LogP contribution in [0.3, 0.4) is 0 Å². The number of rotatable bonds is 6. The third kappa shape index (κ3) is 5.90. The summed E-state index contributed by atoms with van der Waals surface area (Å²) in [5.74, 6) is 0.633. The van der Waals surface area contributed by atoms with Crippen molar-refractivity contribution >= 4 is 17.7 Å². The van der Waals surface area contributed by atoms with E-state index in [2.05, 4.69) is 4.74 Å². The molecule has 0 aliphatic carbocycles.